The number of ether oxygens (including phenoxy) is 1. The first-order valence-corrected chi connectivity index (χ1v) is 12.3. The van der Waals surface area contributed by atoms with Crippen molar-refractivity contribution >= 4 is 51.0 Å². The molecule has 11 heteroatoms. The van der Waals surface area contributed by atoms with Gasteiger partial charge in [0.1, 0.15) is 16.2 Å². The number of aryl methyl sites for hydroxylation is 1. The Hall–Kier alpha value is -3.47. The molecule has 3 aromatic heterocycles. The van der Waals surface area contributed by atoms with Gasteiger partial charge in [-0.2, -0.15) is 5.10 Å². The summed E-state index contributed by atoms with van der Waals surface area (Å²) in [6, 6.07) is 3.53. The standard InChI is InChI=1S/C24H30N6O4S/c1-13-6-7-17(18-9-15-10-26-29-21(15)35-18)30(12-13)22(32)20(31)27-16-8-14(2)19(25-11-16)28-23(33)34-24(3,4)5/h8-11,13,17H,6-7,12H2,1-5H3,(H,26,29)(H,27,31)(H,25,28,33)/t13-,17+/m0/s1. The average molecular weight is 499 g/mol. The van der Waals surface area contributed by atoms with Crippen LogP contribution in [0.3, 0.4) is 0 Å². The Morgan fingerprint density at radius 2 is 1.94 bits per heavy atom. The van der Waals surface area contributed by atoms with Gasteiger partial charge in [0.05, 0.1) is 24.1 Å². The lowest BCUT2D eigenvalue weighted by molar-refractivity contribution is -0.146. The molecule has 1 saturated heterocycles. The topological polar surface area (TPSA) is 129 Å². The van der Waals surface area contributed by atoms with Gasteiger partial charge in [0, 0.05) is 16.8 Å². The summed E-state index contributed by atoms with van der Waals surface area (Å²) in [6.45, 7) is 9.65. The number of amides is 3. The zero-order chi connectivity index (χ0) is 25.3. The van der Waals surface area contributed by atoms with E-state index in [4.69, 9.17) is 4.74 Å². The van der Waals surface area contributed by atoms with Gasteiger partial charge in [-0.15, -0.1) is 11.3 Å². The number of rotatable bonds is 3. The molecule has 0 bridgehead atoms. The molecule has 4 heterocycles. The summed E-state index contributed by atoms with van der Waals surface area (Å²) in [5.41, 5.74) is 0.351. The minimum absolute atomic E-state index is 0.157. The SMILES string of the molecule is Cc1cc(NC(=O)C(=O)N2C[C@@H](C)CC[C@@H]2c2cc3cn[nH]c3s2)cnc1NC(=O)OC(C)(C)C. The highest BCUT2D eigenvalue weighted by atomic mass is 32.1. The molecule has 0 aliphatic carbocycles. The van der Waals surface area contributed by atoms with Crippen molar-refractivity contribution in [2.45, 2.75) is 59.1 Å². The van der Waals surface area contributed by atoms with E-state index >= 15 is 0 Å². The fourth-order valence-electron chi connectivity index (χ4n) is 4.10. The van der Waals surface area contributed by atoms with E-state index in [1.807, 2.05) is 6.07 Å². The van der Waals surface area contributed by atoms with Gasteiger partial charge < -0.3 is 15.0 Å². The van der Waals surface area contributed by atoms with Gasteiger partial charge in [-0.3, -0.25) is 20.0 Å². The first kappa shape index (κ1) is 24.6. The Balaban J connectivity index is 1.45. The zero-order valence-corrected chi connectivity index (χ0v) is 21.3. The fourth-order valence-corrected chi connectivity index (χ4v) is 5.23. The number of anilines is 2. The molecule has 4 rings (SSSR count). The molecular weight excluding hydrogens is 468 g/mol. The Bertz CT molecular complexity index is 1230. The summed E-state index contributed by atoms with van der Waals surface area (Å²) in [5, 5.41) is 13.3. The van der Waals surface area contributed by atoms with Gasteiger partial charge >= 0.3 is 17.9 Å². The quantitative estimate of drug-likeness (QED) is 0.452. The van der Waals surface area contributed by atoms with E-state index in [1.54, 1.807) is 56.2 Å². The minimum Gasteiger partial charge on any atom is -0.444 e. The highest BCUT2D eigenvalue weighted by Gasteiger charge is 2.35. The number of aromatic nitrogens is 3. The van der Waals surface area contributed by atoms with Crippen molar-refractivity contribution in [1.82, 2.24) is 20.1 Å². The summed E-state index contributed by atoms with van der Waals surface area (Å²) in [4.78, 5) is 46.0. The van der Waals surface area contributed by atoms with Crippen LogP contribution in [0.5, 0.6) is 0 Å². The second kappa shape index (κ2) is 9.65. The number of pyridine rings is 1. The monoisotopic (exact) mass is 498 g/mol. The van der Waals surface area contributed by atoms with E-state index in [-0.39, 0.29) is 6.04 Å². The number of nitrogens with one attached hydrogen (secondary N) is 3. The van der Waals surface area contributed by atoms with Gasteiger partial charge in [-0.1, -0.05) is 6.92 Å². The van der Waals surface area contributed by atoms with Crippen molar-refractivity contribution in [3.63, 3.8) is 0 Å². The third-order valence-electron chi connectivity index (χ3n) is 5.71. The highest BCUT2D eigenvalue weighted by molar-refractivity contribution is 7.18. The van der Waals surface area contributed by atoms with Crippen LogP contribution in [-0.2, 0) is 14.3 Å². The fraction of sp³-hybridized carbons (Fsp3) is 0.458. The van der Waals surface area contributed by atoms with Gasteiger partial charge in [0.2, 0.25) is 0 Å². The molecule has 1 aliphatic heterocycles. The minimum atomic E-state index is -0.720. The molecule has 3 aromatic rings. The molecule has 10 nitrogen and oxygen atoms in total. The van der Waals surface area contributed by atoms with Crippen molar-refractivity contribution in [3.8, 4) is 0 Å². The van der Waals surface area contributed by atoms with Gasteiger partial charge in [0.25, 0.3) is 0 Å². The average Bonchev–Trinajstić information content (AvgIpc) is 3.36. The molecule has 3 N–H and O–H groups in total. The largest absolute Gasteiger partial charge is 0.444 e. The Morgan fingerprint density at radius 1 is 1.17 bits per heavy atom. The van der Waals surface area contributed by atoms with Crippen LogP contribution in [0.1, 0.15) is 57.0 Å². The zero-order valence-electron chi connectivity index (χ0n) is 20.5. The van der Waals surface area contributed by atoms with E-state index in [0.29, 0.717) is 29.5 Å². The first-order valence-electron chi connectivity index (χ1n) is 11.5. The maximum Gasteiger partial charge on any atom is 0.413 e. The smallest absolute Gasteiger partial charge is 0.413 e. The van der Waals surface area contributed by atoms with E-state index in [2.05, 4.69) is 32.7 Å². The number of hydrogen-bond acceptors (Lipinski definition) is 7. The van der Waals surface area contributed by atoms with Crippen LogP contribution >= 0.6 is 11.3 Å². The van der Waals surface area contributed by atoms with Crippen LogP contribution in [0.15, 0.2) is 24.5 Å². The molecule has 0 aromatic carbocycles. The third kappa shape index (κ3) is 5.79. The van der Waals surface area contributed by atoms with Crippen LogP contribution in [0.2, 0.25) is 0 Å². The van der Waals surface area contributed by atoms with Crippen molar-refractivity contribution < 1.29 is 19.1 Å². The Labute approximate surface area is 207 Å². The van der Waals surface area contributed by atoms with Gasteiger partial charge in [-0.25, -0.2) is 9.78 Å². The number of likely N-dealkylation sites (tertiary alicyclic amines) is 1. The second-order valence-electron chi connectivity index (χ2n) is 9.93. The molecule has 3 amide bonds. The number of fused-ring (bicyclic) bond motifs is 1. The van der Waals surface area contributed by atoms with Crippen LogP contribution < -0.4 is 10.6 Å². The predicted octanol–water partition coefficient (Wildman–Crippen LogP) is 4.61. The lowest BCUT2D eigenvalue weighted by Gasteiger charge is -2.37. The number of aromatic amines is 1. The van der Waals surface area contributed by atoms with Crippen LogP contribution in [-0.4, -0.2) is 50.1 Å². The van der Waals surface area contributed by atoms with Crippen LogP contribution in [0.25, 0.3) is 10.2 Å². The predicted molar refractivity (Wildman–Crippen MR) is 134 cm³/mol. The molecular formula is C24H30N6O4S. The van der Waals surface area contributed by atoms with Crippen LogP contribution in [0, 0.1) is 12.8 Å². The summed E-state index contributed by atoms with van der Waals surface area (Å²) in [5.74, 6) is -0.680. The normalized spacial score (nSPS) is 18.4. The van der Waals surface area contributed by atoms with Crippen LogP contribution in [0.4, 0.5) is 16.3 Å². The number of H-pyrrole nitrogens is 1. The van der Waals surface area contributed by atoms with E-state index in [9.17, 15) is 14.4 Å². The second-order valence-corrected chi connectivity index (χ2v) is 11.0. The number of carbonyl (C=O) groups excluding carboxylic acids is 3. The molecule has 186 valence electrons. The molecule has 2 atom stereocenters. The molecule has 0 radical (unpaired) electrons. The van der Waals surface area contributed by atoms with Crippen molar-refractivity contribution in [2.24, 2.45) is 5.92 Å². The van der Waals surface area contributed by atoms with Crippen molar-refractivity contribution in [3.05, 3.63) is 35.0 Å². The summed E-state index contributed by atoms with van der Waals surface area (Å²) < 4.78 is 5.24. The third-order valence-corrected chi connectivity index (χ3v) is 6.86. The van der Waals surface area contributed by atoms with Gasteiger partial charge in [-0.05, 0) is 64.2 Å². The Morgan fingerprint density at radius 3 is 2.63 bits per heavy atom. The molecule has 0 spiro atoms. The van der Waals surface area contributed by atoms with Gasteiger partial charge in [0.15, 0.2) is 0 Å². The summed E-state index contributed by atoms with van der Waals surface area (Å²) >= 11 is 1.56. The number of nitrogens with zero attached hydrogens (tertiary/aromatic N) is 3. The molecule has 0 unspecified atom stereocenters. The lowest BCUT2D eigenvalue weighted by Crippen LogP contribution is -2.46. The van der Waals surface area contributed by atoms with E-state index in [0.717, 1.165) is 27.9 Å². The molecule has 1 aliphatic rings. The number of thiophene rings is 1. The maximum absolute atomic E-state index is 13.2. The molecule has 0 saturated carbocycles. The summed E-state index contributed by atoms with van der Waals surface area (Å²) in [7, 11) is 0. The number of hydrogen-bond donors (Lipinski definition) is 3. The molecule has 1 fully saturated rings. The maximum atomic E-state index is 13.2. The Kier molecular flexibility index (Phi) is 6.79. The highest BCUT2D eigenvalue weighted by Crippen LogP contribution is 2.38. The first-order chi connectivity index (χ1) is 16.5. The molecule has 35 heavy (non-hydrogen) atoms. The van der Waals surface area contributed by atoms with Crippen molar-refractivity contribution in [1.29, 1.82) is 0 Å². The number of piperidine rings is 1. The van der Waals surface area contributed by atoms with Crippen molar-refractivity contribution in [2.75, 3.05) is 17.2 Å². The number of carbonyl (C=O) groups is 3. The van der Waals surface area contributed by atoms with E-state index < -0.39 is 23.5 Å². The lowest BCUT2D eigenvalue weighted by atomic mass is 9.93. The summed E-state index contributed by atoms with van der Waals surface area (Å²) in [6.07, 6.45) is 4.32. The van der Waals surface area contributed by atoms with E-state index in [1.165, 1.54) is 6.20 Å².